The lowest BCUT2D eigenvalue weighted by atomic mass is 10.4. The van der Waals surface area contributed by atoms with Crippen LogP contribution < -0.4 is 5.32 Å². The average molecular weight is 181 g/mol. The van der Waals surface area contributed by atoms with Crippen molar-refractivity contribution in [1.29, 1.82) is 0 Å². The van der Waals surface area contributed by atoms with Crippen molar-refractivity contribution in [3.8, 4) is 0 Å². The number of H-pyrrole nitrogens is 1. The lowest BCUT2D eigenvalue weighted by Crippen LogP contribution is -2.25. The number of nitrogens with zero attached hydrogens (tertiary/aromatic N) is 1. The van der Waals surface area contributed by atoms with Crippen molar-refractivity contribution in [2.24, 2.45) is 0 Å². The van der Waals surface area contributed by atoms with Gasteiger partial charge in [0.25, 0.3) is 0 Å². The number of hydrogen-bond donors (Lipinski definition) is 2. The second kappa shape index (κ2) is 5.08. The van der Waals surface area contributed by atoms with Gasteiger partial charge in [0.05, 0.1) is 6.42 Å². The fourth-order valence-corrected chi connectivity index (χ4v) is 0.903. The predicted octanol–water partition coefficient (Wildman–Crippen LogP) is -0.343. The zero-order valence-corrected chi connectivity index (χ0v) is 7.12. The summed E-state index contributed by atoms with van der Waals surface area (Å²) >= 11 is 0. The van der Waals surface area contributed by atoms with E-state index in [4.69, 9.17) is 0 Å². The molecule has 1 heterocycles. The van der Waals surface area contributed by atoms with Gasteiger partial charge < -0.3 is 15.1 Å². The van der Waals surface area contributed by atoms with Crippen LogP contribution in [0.4, 0.5) is 0 Å². The Bertz CT molecular complexity index is 269. The van der Waals surface area contributed by atoms with E-state index in [1.54, 1.807) is 12.4 Å². The highest BCUT2D eigenvalue weighted by atomic mass is 16.2. The predicted molar refractivity (Wildman–Crippen MR) is 46.0 cm³/mol. The topological polar surface area (TPSA) is 74.8 Å². The Balaban J connectivity index is 2.14. The van der Waals surface area contributed by atoms with E-state index in [1.165, 1.54) is 0 Å². The zero-order chi connectivity index (χ0) is 9.52. The molecule has 1 amide bonds. The largest absolute Gasteiger partial charge is 0.355 e. The Morgan fingerprint density at radius 1 is 1.69 bits per heavy atom. The number of nitrogens with one attached hydrogen (secondary N) is 2. The molecule has 0 saturated heterocycles. The first-order chi connectivity index (χ1) is 6.33. The number of carbonyl (C=O) groups excluding carboxylic acids is 2. The summed E-state index contributed by atoms with van der Waals surface area (Å²) in [4.78, 5) is 27.6. The monoisotopic (exact) mass is 181 g/mol. The van der Waals surface area contributed by atoms with Gasteiger partial charge in [-0.3, -0.25) is 4.79 Å². The maximum Gasteiger partial charge on any atom is 0.227 e. The van der Waals surface area contributed by atoms with Gasteiger partial charge in [-0.05, 0) is 0 Å². The first-order valence-corrected chi connectivity index (χ1v) is 4.01. The number of amides is 1. The Morgan fingerprint density at radius 3 is 3.15 bits per heavy atom. The third kappa shape index (κ3) is 3.50. The van der Waals surface area contributed by atoms with E-state index in [9.17, 15) is 9.59 Å². The van der Waals surface area contributed by atoms with Gasteiger partial charge >= 0.3 is 0 Å². The maximum absolute atomic E-state index is 10.8. The summed E-state index contributed by atoms with van der Waals surface area (Å²) in [7, 11) is 0. The van der Waals surface area contributed by atoms with Gasteiger partial charge in [0, 0.05) is 25.4 Å². The molecule has 0 radical (unpaired) electrons. The molecule has 5 nitrogen and oxygen atoms in total. The van der Waals surface area contributed by atoms with Gasteiger partial charge in [-0.15, -0.1) is 0 Å². The Labute approximate surface area is 75.6 Å². The Morgan fingerprint density at radius 2 is 2.54 bits per heavy atom. The number of carbonyl (C=O) groups is 2. The number of hydrogen-bond acceptors (Lipinski definition) is 3. The van der Waals surface area contributed by atoms with Crippen molar-refractivity contribution < 1.29 is 9.59 Å². The van der Waals surface area contributed by atoms with E-state index in [1.807, 2.05) is 0 Å². The van der Waals surface area contributed by atoms with Crippen LogP contribution in [0.1, 0.15) is 12.2 Å². The van der Waals surface area contributed by atoms with Crippen LogP contribution in [0.5, 0.6) is 0 Å². The fourth-order valence-electron chi connectivity index (χ4n) is 0.903. The standard InChI is InChI=1S/C8H11N3O2/c12-6-2-8(13)11-3-1-7-9-4-5-10-7/h4-6H,1-3H2,(H,9,10)(H,11,13). The number of imidazole rings is 1. The molecule has 0 atom stereocenters. The van der Waals surface area contributed by atoms with Crippen LogP contribution >= 0.6 is 0 Å². The number of aldehydes is 1. The summed E-state index contributed by atoms with van der Waals surface area (Å²) < 4.78 is 0. The van der Waals surface area contributed by atoms with Crippen LogP contribution in [0.2, 0.25) is 0 Å². The van der Waals surface area contributed by atoms with Crippen molar-refractivity contribution in [3.63, 3.8) is 0 Å². The molecule has 1 aromatic rings. The summed E-state index contributed by atoms with van der Waals surface area (Å²) in [6.45, 7) is 0.500. The molecular formula is C8H11N3O2. The van der Waals surface area contributed by atoms with E-state index in [-0.39, 0.29) is 12.3 Å². The van der Waals surface area contributed by atoms with Gasteiger partial charge in [0.15, 0.2) is 0 Å². The summed E-state index contributed by atoms with van der Waals surface area (Å²) in [5.74, 6) is 0.577. The minimum atomic E-state index is -0.249. The molecule has 0 spiro atoms. The average Bonchev–Trinajstić information content (AvgIpc) is 2.57. The Kier molecular flexibility index (Phi) is 3.69. The van der Waals surface area contributed by atoms with Crippen LogP contribution in [0, 0.1) is 0 Å². The van der Waals surface area contributed by atoms with Gasteiger partial charge in [0.2, 0.25) is 5.91 Å². The van der Waals surface area contributed by atoms with Crippen molar-refractivity contribution in [1.82, 2.24) is 15.3 Å². The molecule has 0 saturated carbocycles. The third-order valence-corrected chi connectivity index (χ3v) is 1.51. The van der Waals surface area contributed by atoms with E-state index in [0.29, 0.717) is 19.3 Å². The molecule has 1 rings (SSSR count). The van der Waals surface area contributed by atoms with Crippen LogP contribution in [-0.2, 0) is 16.0 Å². The van der Waals surface area contributed by atoms with Crippen LogP contribution in [-0.4, -0.2) is 28.7 Å². The SMILES string of the molecule is O=CCC(=O)NCCc1ncc[nH]1. The molecule has 5 heteroatoms. The van der Waals surface area contributed by atoms with Crippen LogP contribution in [0.25, 0.3) is 0 Å². The number of aromatic nitrogens is 2. The molecule has 13 heavy (non-hydrogen) atoms. The minimum absolute atomic E-state index is 0.0713. The van der Waals surface area contributed by atoms with Gasteiger partial charge in [-0.25, -0.2) is 4.98 Å². The van der Waals surface area contributed by atoms with Crippen LogP contribution in [0.15, 0.2) is 12.4 Å². The molecule has 1 aromatic heterocycles. The maximum atomic E-state index is 10.8. The lowest BCUT2D eigenvalue weighted by molar-refractivity contribution is -0.123. The minimum Gasteiger partial charge on any atom is -0.355 e. The molecule has 2 N–H and O–H groups in total. The zero-order valence-electron chi connectivity index (χ0n) is 7.12. The lowest BCUT2D eigenvalue weighted by Gasteiger charge is -1.99. The van der Waals surface area contributed by atoms with Crippen molar-refractivity contribution in [3.05, 3.63) is 18.2 Å². The molecule has 0 aliphatic heterocycles. The normalized spacial score (nSPS) is 9.54. The highest BCUT2D eigenvalue weighted by molar-refractivity contribution is 5.87. The van der Waals surface area contributed by atoms with E-state index < -0.39 is 0 Å². The highest BCUT2D eigenvalue weighted by Gasteiger charge is 1.99. The number of rotatable bonds is 5. The summed E-state index contributed by atoms with van der Waals surface area (Å²) in [5.41, 5.74) is 0. The second-order valence-electron chi connectivity index (χ2n) is 2.51. The quantitative estimate of drug-likeness (QED) is 0.482. The smallest absolute Gasteiger partial charge is 0.227 e. The molecule has 0 unspecified atom stereocenters. The van der Waals surface area contributed by atoms with E-state index >= 15 is 0 Å². The van der Waals surface area contributed by atoms with Gasteiger partial charge in [-0.2, -0.15) is 0 Å². The van der Waals surface area contributed by atoms with E-state index in [0.717, 1.165) is 5.82 Å². The van der Waals surface area contributed by atoms with Gasteiger partial charge in [0.1, 0.15) is 12.1 Å². The van der Waals surface area contributed by atoms with Crippen molar-refractivity contribution in [2.45, 2.75) is 12.8 Å². The summed E-state index contributed by atoms with van der Waals surface area (Å²) in [6, 6.07) is 0. The number of aromatic amines is 1. The molecule has 0 aromatic carbocycles. The summed E-state index contributed by atoms with van der Waals surface area (Å²) in [5, 5.41) is 2.59. The highest BCUT2D eigenvalue weighted by Crippen LogP contribution is 1.87. The second-order valence-corrected chi connectivity index (χ2v) is 2.51. The molecule has 0 fully saturated rings. The van der Waals surface area contributed by atoms with Crippen LogP contribution in [0.3, 0.4) is 0 Å². The molecule has 0 bridgehead atoms. The Hall–Kier alpha value is -1.65. The first-order valence-electron chi connectivity index (χ1n) is 4.01. The van der Waals surface area contributed by atoms with Crippen molar-refractivity contribution in [2.75, 3.05) is 6.54 Å². The molecular weight excluding hydrogens is 170 g/mol. The van der Waals surface area contributed by atoms with Crippen molar-refractivity contribution >= 4 is 12.2 Å². The molecule has 0 aliphatic rings. The molecule has 70 valence electrons. The molecule has 0 aliphatic carbocycles. The fraction of sp³-hybridized carbons (Fsp3) is 0.375. The van der Waals surface area contributed by atoms with E-state index in [2.05, 4.69) is 15.3 Å². The summed E-state index contributed by atoms with van der Waals surface area (Å²) in [6.07, 6.45) is 4.54. The third-order valence-electron chi connectivity index (χ3n) is 1.51. The first kappa shape index (κ1) is 9.44. The van der Waals surface area contributed by atoms with Gasteiger partial charge in [-0.1, -0.05) is 0 Å².